The van der Waals surface area contributed by atoms with Crippen LogP contribution < -0.4 is 5.32 Å². The number of hydrogen-bond donors (Lipinski definition) is 2. The van der Waals surface area contributed by atoms with Gasteiger partial charge in [0.25, 0.3) is 5.91 Å². The third kappa shape index (κ3) is 6.39. The highest BCUT2D eigenvalue weighted by molar-refractivity contribution is 8.18. The molecule has 1 fully saturated rings. The fraction of sp³-hybridized carbons (Fsp3) is 0.194. The van der Waals surface area contributed by atoms with Crippen molar-refractivity contribution in [1.29, 1.82) is 5.26 Å². The van der Waals surface area contributed by atoms with E-state index in [1.165, 1.54) is 17.3 Å². The Hall–Kier alpha value is -3.93. The van der Waals surface area contributed by atoms with Crippen LogP contribution >= 0.6 is 24.4 Å². The molecule has 0 spiro atoms. The molecule has 1 aliphatic rings. The molecule has 39 heavy (non-hydrogen) atoms. The second kappa shape index (κ2) is 12.7. The van der Waals surface area contributed by atoms with Gasteiger partial charge in [0.05, 0.1) is 40.2 Å². The van der Waals surface area contributed by atoms with Crippen molar-refractivity contribution >= 4 is 52.5 Å². The number of benzene rings is 3. The first-order valence-electron chi connectivity index (χ1n) is 12.6. The van der Waals surface area contributed by atoms with Crippen LogP contribution in [0.3, 0.4) is 0 Å². The van der Waals surface area contributed by atoms with Crippen LogP contribution in [0, 0.1) is 18.3 Å². The predicted octanol–water partition coefficient (Wildman–Crippen LogP) is 7.15. The number of hydrogen-bond acceptors (Lipinski definition) is 7. The van der Waals surface area contributed by atoms with E-state index >= 15 is 0 Å². The Labute approximate surface area is 240 Å². The number of thioether (sulfide) groups is 1. The van der Waals surface area contributed by atoms with Crippen molar-refractivity contribution in [2.45, 2.75) is 27.3 Å². The van der Waals surface area contributed by atoms with Crippen molar-refractivity contribution in [3.05, 3.63) is 111 Å². The molecular formula is C31H31N5OS2. The average Bonchev–Trinajstić information content (AvgIpc) is 3.25. The molecule has 0 aliphatic carbocycles. The molecule has 0 saturated carbocycles. The minimum atomic E-state index is -0.115. The normalized spacial score (nSPS) is 15.9. The summed E-state index contributed by atoms with van der Waals surface area (Å²) in [6, 6.07) is 25.6. The standard InChI is InChI=1S/C31H31N5OS2/c1-5-33-26-16-13-24(18-32)17-27(26)34-31-36(19-23-9-7-6-8-10-23)30(37)29(39-31)22(3)35(4)28(20-38)25-14-11-21(2)12-15-25/h6-17,20,33,38H,5,19H2,1-4H3/b28-20-,29-22+,34-31?. The van der Waals surface area contributed by atoms with Gasteiger partial charge in [-0.1, -0.05) is 60.2 Å². The van der Waals surface area contributed by atoms with Crippen molar-refractivity contribution in [2.75, 3.05) is 18.9 Å². The van der Waals surface area contributed by atoms with E-state index in [0.717, 1.165) is 28.2 Å². The quantitative estimate of drug-likeness (QED) is 0.229. The summed E-state index contributed by atoms with van der Waals surface area (Å²) < 4.78 is 0. The number of nitrogens with zero attached hydrogens (tertiary/aromatic N) is 4. The molecule has 3 aromatic rings. The lowest BCUT2D eigenvalue weighted by atomic mass is 10.1. The molecule has 1 aliphatic heterocycles. The van der Waals surface area contributed by atoms with E-state index in [9.17, 15) is 10.1 Å². The van der Waals surface area contributed by atoms with Crippen LogP contribution in [0.2, 0.25) is 0 Å². The van der Waals surface area contributed by atoms with Crippen molar-refractivity contribution in [1.82, 2.24) is 9.80 Å². The molecule has 1 heterocycles. The van der Waals surface area contributed by atoms with Crippen LogP contribution in [-0.2, 0) is 11.3 Å². The maximum absolute atomic E-state index is 13.9. The van der Waals surface area contributed by atoms with E-state index in [0.29, 0.717) is 34.4 Å². The van der Waals surface area contributed by atoms with Crippen molar-refractivity contribution in [2.24, 2.45) is 4.99 Å². The molecule has 0 atom stereocenters. The summed E-state index contributed by atoms with van der Waals surface area (Å²) >= 11 is 5.83. The van der Waals surface area contributed by atoms with Crippen LogP contribution in [0.5, 0.6) is 0 Å². The predicted molar refractivity (Wildman–Crippen MR) is 166 cm³/mol. The zero-order valence-electron chi connectivity index (χ0n) is 22.5. The minimum absolute atomic E-state index is 0.115. The van der Waals surface area contributed by atoms with E-state index in [-0.39, 0.29) is 5.91 Å². The molecule has 0 radical (unpaired) electrons. The number of carbonyl (C=O) groups is 1. The van der Waals surface area contributed by atoms with Gasteiger partial charge in [-0.25, -0.2) is 4.99 Å². The Kier molecular flexibility index (Phi) is 9.18. The molecule has 0 unspecified atom stereocenters. The Morgan fingerprint density at radius 3 is 2.51 bits per heavy atom. The van der Waals surface area contributed by atoms with Crippen molar-refractivity contribution in [3.63, 3.8) is 0 Å². The van der Waals surface area contributed by atoms with Gasteiger partial charge in [0.15, 0.2) is 5.17 Å². The number of nitriles is 1. The van der Waals surface area contributed by atoms with Gasteiger partial charge in [-0.15, -0.1) is 12.6 Å². The van der Waals surface area contributed by atoms with Crippen LogP contribution in [0.4, 0.5) is 11.4 Å². The third-order valence-corrected chi connectivity index (χ3v) is 7.83. The zero-order chi connectivity index (χ0) is 27.9. The van der Waals surface area contributed by atoms with Gasteiger partial charge in [-0.3, -0.25) is 9.69 Å². The fourth-order valence-corrected chi connectivity index (χ4v) is 5.55. The summed E-state index contributed by atoms with van der Waals surface area (Å²) in [4.78, 5) is 23.1. The number of thiol groups is 1. The number of carbonyl (C=O) groups excluding carboxylic acids is 1. The molecule has 6 nitrogen and oxygen atoms in total. The summed E-state index contributed by atoms with van der Waals surface area (Å²) in [5, 5.41) is 15.1. The molecule has 1 saturated heterocycles. The molecule has 1 N–H and O–H groups in total. The first kappa shape index (κ1) is 28.1. The second-order valence-electron chi connectivity index (χ2n) is 9.10. The Morgan fingerprint density at radius 1 is 1.15 bits per heavy atom. The molecule has 0 aromatic heterocycles. The number of amidine groups is 1. The van der Waals surface area contributed by atoms with Gasteiger partial charge in [0, 0.05) is 19.3 Å². The number of anilines is 1. The number of allylic oxidation sites excluding steroid dienone is 1. The van der Waals surface area contributed by atoms with Crippen LogP contribution in [0.1, 0.15) is 36.1 Å². The number of nitrogens with one attached hydrogen (secondary N) is 1. The highest BCUT2D eigenvalue weighted by Crippen LogP contribution is 2.39. The smallest absolute Gasteiger partial charge is 0.268 e. The molecule has 198 valence electrons. The van der Waals surface area contributed by atoms with Gasteiger partial charge in [-0.2, -0.15) is 5.26 Å². The lowest BCUT2D eigenvalue weighted by Crippen LogP contribution is -2.29. The molecular weight excluding hydrogens is 523 g/mol. The maximum Gasteiger partial charge on any atom is 0.268 e. The first-order valence-corrected chi connectivity index (χ1v) is 14.0. The minimum Gasteiger partial charge on any atom is -0.384 e. The van der Waals surface area contributed by atoms with E-state index in [1.54, 1.807) is 22.4 Å². The average molecular weight is 554 g/mol. The van der Waals surface area contributed by atoms with Gasteiger partial charge in [0.2, 0.25) is 0 Å². The zero-order valence-corrected chi connectivity index (χ0v) is 24.2. The summed E-state index contributed by atoms with van der Waals surface area (Å²) in [6.45, 7) is 7.08. The number of aliphatic imine (C=N–C) groups is 1. The Bertz CT molecular complexity index is 1490. The van der Waals surface area contributed by atoms with E-state index in [4.69, 9.17) is 4.99 Å². The van der Waals surface area contributed by atoms with Crippen molar-refractivity contribution in [3.8, 4) is 6.07 Å². The first-order chi connectivity index (χ1) is 18.9. The van der Waals surface area contributed by atoms with Crippen LogP contribution in [-0.4, -0.2) is 34.5 Å². The van der Waals surface area contributed by atoms with Crippen LogP contribution in [0.15, 0.2) is 93.8 Å². The van der Waals surface area contributed by atoms with Gasteiger partial charge >= 0.3 is 0 Å². The lowest BCUT2D eigenvalue weighted by Gasteiger charge is -2.24. The van der Waals surface area contributed by atoms with E-state index < -0.39 is 0 Å². The molecule has 1 amide bonds. The van der Waals surface area contributed by atoms with Gasteiger partial charge in [0.1, 0.15) is 0 Å². The number of amides is 1. The topological polar surface area (TPSA) is 71.7 Å². The summed E-state index contributed by atoms with van der Waals surface area (Å²) in [6.07, 6.45) is 0. The second-order valence-corrected chi connectivity index (χ2v) is 10.3. The largest absolute Gasteiger partial charge is 0.384 e. The van der Waals surface area contributed by atoms with Gasteiger partial charge < -0.3 is 10.2 Å². The summed E-state index contributed by atoms with van der Waals surface area (Å²) in [7, 11) is 1.94. The van der Waals surface area contributed by atoms with E-state index in [2.05, 4.69) is 55.2 Å². The third-order valence-electron chi connectivity index (χ3n) is 6.42. The van der Waals surface area contributed by atoms with Gasteiger partial charge in [-0.05, 0) is 67.3 Å². The lowest BCUT2D eigenvalue weighted by molar-refractivity contribution is -0.122. The molecule has 4 rings (SSSR count). The maximum atomic E-state index is 13.9. The molecule has 8 heteroatoms. The highest BCUT2D eigenvalue weighted by Gasteiger charge is 2.36. The molecule has 3 aromatic carbocycles. The highest BCUT2D eigenvalue weighted by atomic mass is 32.2. The number of rotatable bonds is 8. The Morgan fingerprint density at radius 2 is 1.87 bits per heavy atom. The van der Waals surface area contributed by atoms with E-state index in [1.807, 2.05) is 62.2 Å². The summed E-state index contributed by atoms with van der Waals surface area (Å²) in [5.41, 5.74) is 6.79. The number of aryl methyl sites for hydroxylation is 1. The molecule has 0 bridgehead atoms. The fourth-order valence-electron chi connectivity index (χ4n) is 4.17. The Balaban J connectivity index is 1.78. The summed E-state index contributed by atoms with van der Waals surface area (Å²) in [5.74, 6) is -0.115. The van der Waals surface area contributed by atoms with Crippen LogP contribution in [0.25, 0.3) is 5.70 Å². The van der Waals surface area contributed by atoms with Crippen molar-refractivity contribution < 1.29 is 4.79 Å². The monoisotopic (exact) mass is 553 g/mol. The SMILES string of the molecule is CCNc1ccc(C#N)cc1N=C1S/C(=C(\C)N(C)/C(=C\S)c2ccc(C)cc2)C(=O)N1Cc1ccccc1.